The zero-order valence-corrected chi connectivity index (χ0v) is 13.0. The van der Waals surface area contributed by atoms with Gasteiger partial charge in [0.15, 0.2) is 5.78 Å². The molecule has 1 aliphatic rings. The van der Waals surface area contributed by atoms with Gasteiger partial charge in [-0.3, -0.25) is 4.79 Å². The summed E-state index contributed by atoms with van der Waals surface area (Å²) in [5.74, 6) is 0.0639. The summed E-state index contributed by atoms with van der Waals surface area (Å²) in [7, 11) is 0. The normalized spacial score (nSPS) is 27.4. The Bertz CT molecular complexity index is 271. The molecule has 0 saturated carbocycles. The Morgan fingerprint density at radius 1 is 0.750 bits per heavy atom. The predicted octanol–water partition coefficient (Wildman–Crippen LogP) is 4.95. The number of carbonyl (C=O) groups is 1. The molecule has 1 unspecified atom stereocenters. The van der Waals surface area contributed by atoms with Crippen molar-refractivity contribution in [3.05, 3.63) is 12.2 Å². The standard InChI is InChI=1S/C18H32O2/c19-17-15-13-11-9-7-5-3-1-2-4-6-8-10-12-14-16-18(17)20/h1-2,17,19H,3-16H2/b2-1+. The minimum atomic E-state index is -0.697. The molecule has 1 aliphatic carbocycles. The molecule has 1 N–H and O–H groups in total. The van der Waals surface area contributed by atoms with E-state index >= 15 is 0 Å². The Balaban J connectivity index is 2.25. The van der Waals surface area contributed by atoms with E-state index in [2.05, 4.69) is 12.2 Å². The lowest BCUT2D eigenvalue weighted by Crippen LogP contribution is -2.19. The monoisotopic (exact) mass is 280 g/mol. The summed E-state index contributed by atoms with van der Waals surface area (Å²) in [4.78, 5) is 11.7. The zero-order chi connectivity index (χ0) is 14.5. The lowest BCUT2D eigenvalue weighted by atomic mass is 10.0. The number of hydrogen-bond donors (Lipinski definition) is 1. The van der Waals surface area contributed by atoms with Crippen LogP contribution in [0.25, 0.3) is 0 Å². The molecule has 0 heterocycles. The van der Waals surface area contributed by atoms with Crippen LogP contribution in [0.3, 0.4) is 0 Å². The fourth-order valence-corrected chi connectivity index (χ4v) is 2.79. The zero-order valence-electron chi connectivity index (χ0n) is 13.0. The molecule has 0 bridgehead atoms. The van der Waals surface area contributed by atoms with Crippen LogP contribution in [0.5, 0.6) is 0 Å². The summed E-state index contributed by atoms with van der Waals surface area (Å²) in [6, 6.07) is 0. The van der Waals surface area contributed by atoms with Gasteiger partial charge in [0.25, 0.3) is 0 Å². The second-order valence-electron chi connectivity index (χ2n) is 6.11. The Labute approximate surface area is 124 Å². The highest BCUT2D eigenvalue weighted by Gasteiger charge is 2.13. The first kappa shape index (κ1) is 17.4. The molecule has 0 spiro atoms. The van der Waals surface area contributed by atoms with Crippen molar-refractivity contribution in [2.75, 3.05) is 0 Å². The van der Waals surface area contributed by atoms with Crippen molar-refractivity contribution in [1.29, 1.82) is 0 Å². The Morgan fingerprint density at radius 2 is 1.25 bits per heavy atom. The lowest BCUT2D eigenvalue weighted by Gasteiger charge is -2.09. The molecule has 0 aromatic carbocycles. The van der Waals surface area contributed by atoms with Gasteiger partial charge < -0.3 is 5.11 Å². The molecule has 2 nitrogen and oxygen atoms in total. The third-order valence-corrected chi connectivity index (χ3v) is 4.18. The topological polar surface area (TPSA) is 37.3 Å². The minimum absolute atomic E-state index is 0.0639. The van der Waals surface area contributed by atoms with Crippen molar-refractivity contribution in [1.82, 2.24) is 0 Å². The van der Waals surface area contributed by atoms with Gasteiger partial charge in [-0.2, -0.15) is 0 Å². The molecule has 0 amide bonds. The second kappa shape index (κ2) is 12.1. The van der Waals surface area contributed by atoms with E-state index in [0.717, 1.165) is 25.7 Å². The van der Waals surface area contributed by atoms with Crippen LogP contribution in [0.4, 0.5) is 0 Å². The maximum atomic E-state index is 11.7. The summed E-state index contributed by atoms with van der Waals surface area (Å²) < 4.78 is 0. The van der Waals surface area contributed by atoms with Crippen molar-refractivity contribution in [3.8, 4) is 0 Å². The van der Waals surface area contributed by atoms with Crippen molar-refractivity contribution in [2.45, 2.75) is 96.0 Å². The van der Waals surface area contributed by atoms with Gasteiger partial charge >= 0.3 is 0 Å². The molecule has 20 heavy (non-hydrogen) atoms. The highest BCUT2D eigenvalue weighted by molar-refractivity contribution is 5.82. The first-order chi connectivity index (χ1) is 9.80. The SMILES string of the molecule is O=C1CCCCCCC/C=C/CCCCCCCC1O. The van der Waals surface area contributed by atoms with Gasteiger partial charge in [0.1, 0.15) is 6.10 Å². The molecule has 1 rings (SSSR count). The van der Waals surface area contributed by atoms with Crippen LogP contribution in [-0.2, 0) is 4.79 Å². The largest absolute Gasteiger partial charge is 0.385 e. The van der Waals surface area contributed by atoms with Crippen LogP contribution in [0, 0.1) is 0 Å². The van der Waals surface area contributed by atoms with Crippen LogP contribution >= 0.6 is 0 Å². The van der Waals surface area contributed by atoms with E-state index in [9.17, 15) is 9.90 Å². The summed E-state index contributed by atoms with van der Waals surface area (Å²) in [6.45, 7) is 0. The molecular weight excluding hydrogens is 248 g/mol. The van der Waals surface area contributed by atoms with E-state index in [4.69, 9.17) is 0 Å². The number of aliphatic hydroxyl groups excluding tert-OH is 1. The van der Waals surface area contributed by atoms with Gasteiger partial charge in [0, 0.05) is 6.42 Å². The number of hydrogen-bond acceptors (Lipinski definition) is 2. The van der Waals surface area contributed by atoms with E-state index < -0.39 is 6.10 Å². The third-order valence-electron chi connectivity index (χ3n) is 4.18. The average molecular weight is 280 g/mol. The van der Waals surface area contributed by atoms with Crippen LogP contribution in [0.15, 0.2) is 12.2 Å². The van der Waals surface area contributed by atoms with Gasteiger partial charge in [-0.25, -0.2) is 0 Å². The first-order valence-electron chi connectivity index (χ1n) is 8.66. The third kappa shape index (κ3) is 9.30. The number of ketones is 1. The summed E-state index contributed by atoms with van der Waals surface area (Å²) in [6.07, 6.45) is 19.4. The number of carbonyl (C=O) groups excluding carboxylic acids is 1. The van der Waals surface area contributed by atoms with Gasteiger partial charge in [0.2, 0.25) is 0 Å². The molecule has 1 atom stereocenters. The highest BCUT2D eigenvalue weighted by Crippen LogP contribution is 2.13. The molecular formula is C18H32O2. The predicted molar refractivity (Wildman–Crippen MR) is 84.8 cm³/mol. The summed E-state index contributed by atoms with van der Waals surface area (Å²) in [5, 5.41) is 9.81. The Kier molecular flexibility index (Phi) is 10.6. The fraction of sp³-hybridized carbons (Fsp3) is 0.833. The van der Waals surface area contributed by atoms with Crippen molar-refractivity contribution in [2.24, 2.45) is 0 Å². The first-order valence-corrected chi connectivity index (χ1v) is 8.66. The molecule has 2 heteroatoms. The summed E-state index contributed by atoms with van der Waals surface area (Å²) in [5.41, 5.74) is 0. The molecule has 0 aromatic rings. The fourth-order valence-electron chi connectivity index (χ4n) is 2.79. The second-order valence-corrected chi connectivity index (χ2v) is 6.11. The molecule has 0 aliphatic heterocycles. The van der Waals surface area contributed by atoms with Gasteiger partial charge in [-0.05, 0) is 38.5 Å². The van der Waals surface area contributed by atoms with Gasteiger partial charge in [0.05, 0.1) is 0 Å². The number of Topliss-reactive ketones (excluding diaryl/α,β-unsaturated/α-hetero) is 1. The number of aliphatic hydroxyl groups is 1. The Morgan fingerprint density at radius 3 is 1.90 bits per heavy atom. The van der Waals surface area contributed by atoms with Crippen LogP contribution < -0.4 is 0 Å². The minimum Gasteiger partial charge on any atom is -0.385 e. The van der Waals surface area contributed by atoms with E-state index in [-0.39, 0.29) is 5.78 Å². The van der Waals surface area contributed by atoms with Crippen LogP contribution in [0.2, 0.25) is 0 Å². The van der Waals surface area contributed by atoms with Crippen LogP contribution in [0.1, 0.15) is 89.9 Å². The average Bonchev–Trinajstić information content (AvgIpc) is 2.45. The lowest BCUT2D eigenvalue weighted by molar-refractivity contribution is -0.127. The Hall–Kier alpha value is -0.630. The van der Waals surface area contributed by atoms with Gasteiger partial charge in [-0.1, -0.05) is 57.1 Å². The number of allylic oxidation sites excluding steroid dienone is 2. The quantitative estimate of drug-likeness (QED) is 0.638. The van der Waals surface area contributed by atoms with E-state index in [0.29, 0.717) is 12.8 Å². The molecule has 116 valence electrons. The van der Waals surface area contributed by atoms with Gasteiger partial charge in [-0.15, -0.1) is 0 Å². The summed E-state index contributed by atoms with van der Waals surface area (Å²) >= 11 is 0. The highest BCUT2D eigenvalue weighted by atomic mass is 16.3. The van der Waals surface area contributed by atoms with E-state index in [1.165, 1.54) is 51.4 Å². The maximum absolute atomic E-state index is 11.7. The van der Waals surface area contributed by atoms with Crippen LogP contribution in [-0.4, -0.2) is 17.0 Å². The molecule has 0 radical (unpaired) electrons. The maximum Gasteiger partial charge on any atom is 0.161 e. The molecule has 0 saturated heterocycles. The van der Waals surface area contributed by atoms with Crippen molar-refractivity contribution >= 4 is 5.78 Å². The smallest absolute Gasteiger partial charge is 0.161 e. The molecule has 0 fully saturated rings. The van der Waals surface area contributed by atoms with Crippen molar-refractivity contribution < 1.29 is 9.90 Å². The van der Waals surface area contributed by atoms with Crippen molar-refractivity contribution in [3.63, 3.8) is 0 Å². The molecule has 0 aromatic heterocycles. The van der Waals surface area contributed by atoms with E-state index in [1.807, 2.05) is 0 Å². The van der Waals surface area contributed by atoms with E-state index in [1.54, 1.807) is 0 Å². The number of rotatable bonds is 0.